The summed E-state index contributed by atoms with van der Waals surface area (Å²) in [7, 11) is 1.63. The number of rotatable bonds is 10. The second-order valence-corrected chi connectivity index (χ2v) is 12.0. The molecule has 6 heteroatoms. The lowest BCUT2D eigenvalue weighted by molar-refractivity contribution is -0.537. The number of benzene rings is 2. The van der Waals surface area contributed by atoms with Crippen molar-refractivity contribution in [1.82, 2.24) is 0 Å². The van der Waals surface area contributed by atoms with Gasteiger partial charge in [0.2, 0.25) is 6.04 Å². The van der Waals surface area contributed by atoms with Crippen LogP contribution in [0.5, 0.6) is 11.5 Å². The third-order valence-electron chi connectivity index (χ3n) is 8.92. The summed E-state index contributed by atoms with van der Waals surface area (Å²) in [5.41, 5.74) is 3.51. The average Bonchev–Trinajstić information content (AvgIpc) is 3.43. The SMILES string of the molecule is CCCC(C)(C)C(=O)/C=C1\C[C@@H](c2ccc(OC)c(OC3Cc4ccccc4C3)c2)[C@](C)([C@@H](C)[N+](=O)[O-])C1. The first kappa shape index (κ1) is 27.9. The molecule has 0 aromatic heterocycles. The van der Waals surface area contributed by atoms with Crippen LogP contribution in [0.2, 0.25) is 0 Å². The topological polar surface area (TPSA) is 78.7 Å². The summed E-state index contributed by atoms with van der Waals surface area (Å²) in [6, 6.07) is 13.5. The molecule has 38 heavy (non-hydrogen) atoms. The predicted octanol–water partition coefficient (Wildman–Crippen LogP) is 7.11. The molecule has 0 amide bonds. The minimum absolute atomic E-state index is 0.0121. The summed E-state index contributed by atoms with van der Waals surface area (Å²) in [4.78, 5) is 25.0. The molecule has 2 aliphatic rings. The van der Waals surface area contributed by atoms with Gasteiger partial charge in [-0.1, -0.05) is 70.0 Å². The fraction of sp³-hybridized carbons (Fsp3) is 0.531. The number of allylic oxidation sites excluding steroid dienone is 2. The maximum atomic E-state index is 13.1. The van der Waals surface area contributed by atoms with E-state index in [1.54, 1.807) is 20.1 Å². The minimum Gasteiger partial charge on any atom is -0.493 e. The van der Waals surface area contributed by atoms with Crippen LogP contribution in [0.1, 0.15) is 82.9 Å². The van der Waals surface area contributed by atoms with Crippen molar-refractivity contribution in [2.45, 2.75) is 91.2 Å². The Balaban J connectivity index is 1.65. The Morgan fingerprint density at radius 1 is 1.16 bits per heavy atom. The zero-order chi connectivity index (χ0) is 27.7. The number of nitrogens with zero attached hydrogens (tertiary/aromatic N) is 1. The molecule has 1 fully saturated rings. The van der Waals surface area contributed by atoms with Crippen LogP contribution in [-0.2, 0) is 17.6 Å². The van der Waals surface area contributed by atoms with Gasteiger partial charge in [0.1, 0.15) is 6.10 Å². The van der Waals surface area contributed by atoms with Gasteiger partial charge in [-0.3, -0.25) is 14.9 Å². The number of carbonyl (C=O) groups excluding carboxylic acids is 1. The normalized spacial score (nSPS) is 23.3. The Morgan fingerprint density at radius 2 is 1.82 bits per heavy atom. The van der Waals surface area contributed by atoms with Crippen molar-refractivity contribution in [3.05, 3.63) is 80.9 Å². The first-order valence-corrected chi connectivity index (χ1v) is 13.8. The monoisotopic (exact) mass is 519 g/mol. The van der Waals surface area contributed by atoms with Crippen LogP contribution in [-0.4, -0.2) is 30.0 Å². The number of fused-ring (bicyclic) bond motifs is 1. The Kier molecular flexibility index (Phi) is 8.01. The first-order valence-electron chi connectivity index (χ1n) is 13.8. The van der Waals surface area contributed by atoms with E-state index in [9.17, 15) is 14.9 Å². The first-order chi connectivity index (χ1) is 18.0. The van der Waals surface area contributed by atoms with Crippen LogP contribution in [0.3, 0.4) is 0 Å². The average molecular weight is 520 g/mol. The molecule has 0 aliphatic heterocycles. The molecule has 6 nitrogen and oxygen atoms in total. The maximum absolute atomic E-state index is 13.1. The number of ether oxygens (including phenoxy) is 2. The van der Waals surface area contributed by atoms with Gasteiger partial charge in [0.05, 0.1) is 7.11 Å². The molecule has 0 spiro atoms. The van der Waals surface area contributed by atoms with E-state index < -0.39 is 16.9 Å². The Bertz CT molecular complexity index is 1210. The third-order valence-corrected chi connectivity index (χ3v) is 8.92. The van der Waals surface area contributed by atoms with E-state index in [2.05, 4.69) is 31.2 Å². The van der Waals surface area contributed by atoms with Gasteiger partial charge in [0, 0.05) is 35.5 Å². The Labute approximate surface area is 226 Å². The zero-order valence-electron chi connectivity index (χ0n) is 23.6. The molecule has 0 heterocycles. The predicted molar refractivity (Wildman–Crippen MR) is 150 cm³/mol. The van der Waals surface area contributed by atoms with Crippen molar-refractivity contribution < 1.29 is 19.2 Å². The number of methoxy groups -OCH3 is 1. The minimum atomic E-state index is -0.770. The van der Waals surface area contributed by atoms with Gasteiger partial charge in [-0.15, -0.1) is 0 Å². The third kappa shape index (κ3) is 5.50. The quantitative estimate of drug-likeness (QED) is 0.190. The molecule has 2 aliphatic carbocycles. The van der Waals surface area contributed by atoms with E-state index >= 15 is 0 Å². The van der Waals surface area contributed by atoms with Crippen molar-refractivity contribution in [3.63, 3.8) is 0 Å². The maximum Gasteiger partial charge on any atom is 0.216 e. The molecule has 2 aromatic carbocycles. The lowest BCUT2D eigenvalue weighted by atomic mass is 9.71. The van der Waals surface area contributed by atoms with Crippen molar-refractivity contribution in [1.29, 1.82) is 0 Å². The lowest BCUT2D eigenvalue weighted by Gasteiger charge is -2.32. The molecular weight excluding hydrogens is 478 g/mol. The van der Waals surface area contributed by atoms with Gasteiger partial charge in [-0.2, -0.15) is 0 Å². The van der Waals surface area contributed by atoms with Gasteiger partial charge in [0.25, 0.3) is 0 Å². The van der Waals surface area contributed by atoms with E-state index in [1.165, 1.54) is 11.1 Å². The molecule has 1 saturated carbocycles. The highest BCUT2D eigenvalue weighted by atomic mass is 16.6. The molecule has 0 bridgehead atoms. The summed E-state index contributed by atoms with van der Waals surface area (Å²) in [6.45, 7) is 9.73. The highest BCUT2D eigenvalue weighted by Gasteiger charge is 2.51. The summed E-state index contributed by atoms with van der Waals surface area (Å²) in [5.74, 6) is 1.30. The Hall–Kier alpha value is -3.15. The number of hydrogen-bond acceptors (Lipinski definition) is 5. The fourth-order valence-electron chi connectivity index (χ4n) is 6.38. The smallest absolute Gasteiger partial charge is 0.216 e. The van der Waals surface area contributed by atoms with Gasteiger partial charge >= 0.3 is 0 Å². The van der Waals surface area contributed by atoms with Gasteiger partial charge in [-0.25, -0.2) is 0 Å². The molecule has 204 valence electrons. The molecule has 0 radical (unpaired) electrons. The van der Waals surface area contributed by atoms with Crippen LogP contribution >= 0.6 is 0 Å². The zero-order valence-corrected chi connectivity index (χ0v) is 23.6. The van der Waals surface area contributed by atoms with Crippen molar-refractivity contribution >= 4 is 5.78 Å². The molecule has 2 aromatic rings. The number of carbonyl (C=O) groups is 1. The number of nitro groups is 1. The van der Waals surface area contributed by atoms with Crippen LogP contribution in [0, 0.1) is 20.9 Å². The van der Waals surface area contributed by atoms with Crippen molar-refractivity contribution in [2.75, 3.05) is 7.11 Å². The number of ketones is 1. The molecule has 0 N–H and O–H groups in total. The standard InChI is InChI=1S/C32H41NO5/c1-7-14-31(3,4)30(34)16-22-15-27(32(5,20-22)21(2)33(35)36)25-12-13-28(37-6)29(19-25)38-26-17-23-10-8-9-11-24(23)18-26/h8-13,16,19,21,26-27H,7,14-15,17-18,20H2,1-6H3/b22-16+/t21-,27+,32+/m1/s1. The molecular formula is C32H41NO5. The van der Waals surface area contributed by atoms with Crippen molar-refractivity contribution in [2.24, 2.45) is 10.8 Å². The van der Waals surface area contributed by atoms with Gasteiger partial charge in [-0.05, 0) is 60.1 Å². The number of hydrogen-bond donors (Lipinski definition) is 0. The fourth-order valence-corrected chi connectivity index (χ4v) is 6.38. The van der Waals surface area contributed by atoms with E-state index in [4.69, 9.17) is 9.47 Å². The van der Waals surface area contributed by atoms with Crippen molar-refractivity contribution in [3.8, 4) is 11.5 Å². The van der Waals surface area contributed by atoms with E-state index in [1.807, 2.05) is 39.0 Å². The molecule has 4 rings (SSSR count). The van der Waals surface area contributed by atoms with Crippen LogP contribution in [0.15, 0.2) is 54.1 Å². The summed E-state index contributed by atoms with van der Waals surface area (Å²) < 4.78 is 12.1. The summed E-state index contributed by atoms with van der Waals surface area (Å²) in [6.07, 6.45) is 6.34. The Morgan fingerprint density at radius 3 is 2.39 bits per heavy atom. The van der Waals surface area contributed by atoms with E-state index in [-0.39, 0.29) is 22.7 Å². The van der Waals surface area contributed by atoms with Gasteiger partial charge in [0.15, 0.2) is 17.3 Å². The molecule has 3 atom stereocenters. The van der Waals surface area contributed by atoms with E-state index in [0.29, 0.717) is 24.3 Å². The lowest BCUT2D eigenvalue weighted by Crippen LogP contribution is -2.38. The molecule has 0 saturated heterocycles. The van der Waals surface area contributed by atoms with Crippen LogP contribution < -0.4 is 9.47 Å². The largest absolute Gasteiger partial charge is 0.493 e. The summed E-state index contributed by atoms with van der Waals surface area (Å²) >= 11 is 0. The molecule has 0 unspecified atom stereocenters. The second-order valence-electron chi connectivity index (χ2n) is 12.0. The summed E-state index contributed by atoms with van der Waals surface area (Å²) in [5, 5.41) is 12.0. The van der Waals surface area contributed by atoms with E-state index in [0.717, 1.165) is 36.8 Å². The van der Waals surface area contributed by atoms with Gasteiger partial charge < -0.3 is 9.47 Å². The highest BCUT2D eigenvalue weighted by Crippen LogP contribution is 2.55. The van der Waals surface area contributed by atoms with Crippen LogP contribution in [0.25, 0.3) is 0 Å². The second kappa shape index (κ2) is 10.9. The highest BCUT2D eigenvalue weighted by molar-refractivity contribution is 5.94. The van der Waals surface area contributed by atoms with Crippen LogP contribution in [0.4, 0.5) is 0 Å².